The molecule has 0 N–H and O–H groups in total. The lowest BCUT2D eigenvalue weighted by Gasteiger charge is -1.97. The molecule has 0 aliphatic carbocycles. The van der Waals surface area contributed by atoms with Crippen LogP contribution in [0.25, 0.3) is 10.9 Å². The van der Waals surface area contributed by atoms with Gasteiger partial charge in [0, 0.05) is 42.4 Å². The van der Waals surface area contributed by atoms with Gasteiger partial charge in [-0.25, -0.2) is 4.79 Å². The van der Waals surface area contributed by atoms with Crippen molar-refractivity contribution in [3.05, 3.63) is 34.5 Å². The van der Waals surface area contributed by atoms with Crippen LogP contribution in [0.3, 0.4) is 0 Å². The summed E-state index contributed by atoms with van der Waals surface area (Å²) in [5.74, 6) is 0.200. The highest BCUT2D eigenvalue weighted by Crippen LogP contribution is 2.31. The second kappa shape index (κ2) is 4.06. The van der Waals surface area contributed by atoms with Gasteiger partial charge in [-0.3, -0.25) is 10.1 Å². The zero-order valence-electron chi connectivity index (χ0n) is 8.71. The van der Waals surface area contributed by atoms with Gasteiger partial charge < -0.3 is 9.30 Å². The first-order valence-electron chi connectivity index (χ1n) is 4.60. The third-order valence-corrected chi connectivity index (χ3v) is 2.41. The minimum absolute atomic E-state index is 0.0735. The van der Waals surface area contributed by atoms with Gasteiger partial charge in [0.25, 0.3) is 5.69 Å². The van der Waals surface area contributed by atoms with Crippen LogP contribution in [0.2, 0.25) is 0 Å². The SMILES string of the molecule is Cn1cc(OC(=O)Cl)c2cc([N+](=O)[O-])ccc21. The molecule has 2 aromatic rings. The number of nitro benzene ring substituents is 1. The molecule has 0 saturated heterocycles. The van der Waals surface area contributed by atoms with E-state index in [9.17, 15) is 14.9 Å². The quantitative estimate of drug-likeness (QED) is 0.469. The van der Waals surface area contributed by atoms with Crippen molar-refractivity contribution in [1.82, 2.24) is 4.57 Å². The Morgan fingerprint density at radius 2 is 2.24 bits per heavy atom. The molecule has 1 heterocycles. The van der Waals surface area contributed by atoms with Crippen molar-refractivity contribution in [1.29, 1.82) is 0 Å². The van der Waals surface area contributed by atoms with Crippen molar-refractivity contribution >= 4 is 33.6 Å². The van der Waals surface area contributed by atoms with Crippen LogP contribution in [0.1, 0.15) is 0 Å². The summed E-state index contributed by atoms with van der Waals surface area (Å²) in [6.45, 7) is 0. The summed E-state index contributed by atoms with van der Waals surface area (Å²) in [6, 6.07) is 4.30. The van der Waals surface area contributed by atoms with Crippen LogP contribution >= 0.6 is 11.6 Å². The van der Waals surface area contributed by atoms with E-state index in [1.54, 1.807) is 17.7 Å². The predicted molar refractivity (Wildman–Crippen MR) is 61.5 cm³/mol. The van der Waals surface area contributed by atoms with Crippen LogP contribution < -0.4 is 4.74 Å². The second-order valence-electron chi connectivity index (χ2n) is 3.40. The molecule has 0 aliphatic rings. The van der Waals surface area contributed by atoms with Crippen LogP contribution in [0.15, 0.2) is 24.4 Å². The fourth-order valence-corrected chi connectivity index (χ4v) is 1.71. The number of carbonyl (C=O) groups excluding carboxylic acids is 1. The Balaban J connectivity index is 2.64. The molecule has 0 bridgehead atoms. The van der Waals surface area contributed by atoms with Crippen molar-refractivity contribution < 1.29 is 14.5 Å². The standard InChI is InChI=1S/C10H7ClN2O4/c1-12-5-9(17-10(11)14)7-4-6(13(15)16)2-3-8(7)12/h2-5H,1H3. The van der Waals surface area contributed by atoms with E-state index in [2.05, 4.69) is 0 Å². The molecular formula is C10H7ClN2O4. The van der Waals surface area contributed by atoms with E-state index >= 15 is 0 Å². The molecule has 0 amide bonds. The number of hydrogen-bond acceptors (Lipinski definition) is 4. The number of nitrogens with zero attached hydrogens (tertiary/aromatic N) is 2. The molecule has 0 aliphatic heterocycles. The average Bonchev–Trinajstić information content (AvgIpc) is 2.54. The number of benzene rings is 1. The summed E-state index contributed by atoms with van der Waals surface area (Å²) < 4.78 is 6.45. The van der Waals surface area contributed by atoms with Gasteiger partial charge in [-0.15, -0.1) is 0 Å². The molecule has 6 nitrogen and oxygen atoms in total. The van der Waals surface area contributed by atoms with E-state index in [1.807, 2.05) is 0 Å². The smallest absolute Gasteiger partial charge is 0.409 e. The number of rotatable bonds is 2. The van der Waals surface area contributed by atoms with Gasteiger partial charge in [0.15, 0.2) is 5.75 Å². The van der Waals surface area contributed by atoms with Crippen LogP contribution in [-0.2, 0) is 7.05 Å². The summed E-state index contributed by atoms with van der Waals surface area (Å²) in [4.78, 5) is 20.8. The Bertz CT molecular complexity index is 620. The van der Waals surface area contributed by atoms with E-state index < -0.39 is 10.4 Å². The number of non-ortho nitro benzene ring substituents is 1. The number of aromatic nitrogens is 1. The summed E-state index contributed by atoms with van der Waals surface area (Å²) >= 11 is 5.12. The maximum atomic E-state index is 10.7. The molecule has 1 aromatic heterocycles. The van der Waals surface area contributed by atoms with Gasteiger partial charge in [0.2, 0.25) is 0 Å². The number of nitro groups is 1. The third kappa shape index (κ3) is 2.07. The van der Waals surface area contributed by atoms with E-state index in [-0.39, 0.29) is 11.4 Å². The predicted octanol–water partition coefficient (Wildman–Crippen LogP) is 2.82. The van der Waals surface area contributed by atoms with Gasteiger partial charge in [-0.2, -0.15) is 0 Å². The van der Waals surface area contributed by atoms with Crippen LogP contribution in [-0.4, -0.2) is 14.9 Å². The largest absolute Gasteiger partial charge is 0.412 e. The van der Waals surface area contributed by atoms with Crippen molar-refractivity contribution in [2.75, 3.05) is 0 Å². The van der Waals surface area contributed by atoms with Gasteiger partial charge in [-0.1, -0.05) is 0 Å². The Morgan fingerprint density at radius 3 is 2.82 bits per heavy atom. The van der Waals surface area contributed by atoms with Crippen molar-refractivity contribution in [2.45, 2.75) is 0 Å². The normalized spacial score (nSPS) is 10.5. The molecule has 0 atom stereocenters. The lowest BCUT2D eigenvalue weighted by atomic mass is 10.2. The lowest BCUT2D eigenvalue weighted by Crippen LogP contribution is -1.95. The summed E-state index contributed by atoms with van der Waals surface area (Å²) in [5, 5.41) is 11.1. The minimum Gasteiger partial charge on any atom is -0.412 e. The summed E-state index contributed by atoms with van der Waals surface area (Å²) in [5.41, 5.74) is -0.344. The highest BCUT2D eigenvalue weighted by molar-refractivity contribution is 6.61. The highest BCUT2D eigenvalue weighted by atomic mass is 35.5. The summed E-state index contributed by atoms with van der Waals surface area (Å²) in [7, 11) is 1.74. The highest BCUT2D eigenvalue weighted by Gasteiger charge is 2.14. The molecule has 2 rings (SSSR count). The Hall–Kier alpha value is -2.08. The second-order valence-corrected chi connectivity index (χ2v) is 3.71. The fraction of sp³-hybridized carbons (Fsp3) is 0.100. The van der Waals surface area contributed by atoms with Crippen LogP contribution in [0, 0.1) is 10.1 Å². The number of hydrogen-bond donors (Lipinski definition) is 0. The van der Waals surface area contributed by atoms with Crippen molar-refractivity contribution in [2.24, 2.45) is 7.05 Å². The molecule has 0 unspecified atom stereocenters. The number of halogens is 1. The topological polar surface area (TPSA) is 74.4 Å². The van der Waals surface area contributed by atoms with Crippen molar-refractivity contribution in [3.8, 4) is 5.75 Å². The van der Waals surface area contributed by atoms with E-state index in [0.29, 0.717) is 10.9 Å². The van der Waals surface area contributed by atoms with Gasteiger partial charge in [-0.05, 0) is 6.07 Å². The zero-order valence-corrected chi connectivity index (χ0v) is 9.47. The summed E-state index contributed by atoms with van der Waals surface area (Å²) in [6.07, 6.45) is 1.54. The van der Waals surface area contributed by atoms with E-state index in [0.717, 1.165) is 0 Å². The van der Waals surface area contributed by atoms with Gasteiger partial charge >= 0.3 is 5.43 Å². The van der Waals surface area contributed by atoms with E-state index in [4.69, 9.17) is 16.3 Å². The number of aryl methyl sites for hydroxylation is 1. The maximum absolute atomic E-state index is 10.7. The third-order valence-electron chi connectivity index (χ3n) is 2.34. The maximum Gasteiger partial charge on any atom is 0.409 e. The Morgan fingerprint density at radius 1 is 1.53 bits per heavy atom. The molecule has 0 saturated carbocycles. The molecule has 88 valence electrons. The molecule has 1 aromatic carbocycles. The van der Waals surface area contributed by atoms with Crippen molar-refractivity contribution in [3.63, 3.8) is 0 Å². The number of ether oxygens (including phenoxy) is 1. The molecular weight excluding hydrogens is 248 g/mol. The molecule has 17 heavy (non-hydrogen) atoms. The molecule has 7 heteroatoms. The lowest BCUT2D eigenvalue weighted by molar-refractivity contribution is -0.384. The Labute approximate surface area is 100 Å². The van der Waals surface area contributed by atoms with Gasteiger partial charge in [0.05, 0.1) is 10.4 Å². The molecule has 0 radical (unpaired) electrons. The average molecular weight is 255 g/mol. The zero-order chi connectivity index (χ0) is 12.6. The first-order chi connectivity index (χ1) is 7.99. The monoisotopic (exact) mass is 254 g/mol. The molecule has 0 fully saturated rings. The minimum atomic E-state index is -0.982. The van der Waals surface area contributed by atoms with Crippen LogP contribution in [0.4, 0.5) is 10.5 Å². The van der Waals surface area contributed by atoms with Crippen LogP contribution in [0.5, 0.6) is 5.75 Å². The number of carbonyl (C=O) groups is 1. The molecule has 0 spiro atoms. The van der Waals surface area contributed by atoms with E-state index in [1.165, 1.54) is 18.3 Å². The fourth-order valence-electron chi connectivity index (χ4n) is 1.63. The first-order valence-corrected chi connectivity index (χ1v) is 4.97. The first kappa shape index (κ1) is 11.4. The number of fused-ring (bicyclic) bond motifs is 1. The Kier molecular flexibility index (Phi) is 2.72. The van der Waals surface area contributed by atoms with Gasteiger partial charge in [0.1, 0.15) is 0 Å².